The zero-order chi connectivity index (χ0) is 21.1. The average molecular weight is 415 g/mol. The summed E-state index contributed by atoms with van der Waals surface area (Å²) in [5.74, 6) is -0.504. The smallest absolute Gasteiger partial charge is 0.311 e. The van der Waals surface area contributed by atoms with E-state index in [-0.39, 0.29) is 28.6 Å². The lowest BCUT2D eigenvalue weighted by Gasteiger charge is -2.12. The summed E-state index contributed by atoms with van der Waals surface area (Å²) in [7, 11) is 1.31. The van der Waals surface area contributed by atoms with Crippen molar-refractivity contribution in [1.82, 2.24) is 4.90 Å². The highest BCUT2D eigenvalue weighted by Gasteiger charge is 2.35. The van der Waals surface area contributed by atoms with E-state index in [0.717, 1.165) is 4.90 Å². The molecule has 0 N–H and O–H groups in total. The van der Waals surface area contributed by atoms with Gasteiger partial charge < -0.3 is 4.74 Å². The van der Waals surface area contributed by atoms with Crippen molar-refractivity contribution in [3.05, 3.63) is 78.7 Å². The van der Waals surface area contributed by atoms with Crippen molar-refractivity contribution < 1.29 is 24.2 Å². The van der Waals surface area contributed by atoms with Crippen LogP contribution in [0.25, 0.3) is 6.08 Å². The van der Waals surface area contributed by atoms with Crippen LogP contribution in [-0.4, -0.2) is 33.0 Å². The van der Waals surface area contributed by atoms with E-state index in [1.54, 1.807) is 6.07 Å². The molecule has 2 amide bonds. The van der Waals surface area contributed by atoms with E-state index in [0.29, 0.717) is 22.9 Å². The number of rotatable bonds is 6. The van der Waals surface area contributed by atoms with Gasteiger partial charge in [-0.15, -0.1) is 0 Å². The molecule has 0 aromatic heterocycles. The molecule has 0 bridgehead atoms. The predicted octanol–water partition coefficient (Wildman–Crippen LogP) is 3.75. The van der Waals surface area contributed by atoms with Crippen molar-refractivity contribution in [3.8, 4) is 5.75 Å². The standard InChI is InChI=1S/C18H13N3O7S/c1-28-15-6-5-11(8-14(15)21(26)27)9-16-17(22)19(18(23)29-16)10-12-3-2-4-13(7-12)20(24)25/h2-9H,10H2,1H3/b16-9+. The molecule has 29 heavy (non-hydrogen) atoms. The fourth-order valence-electron chi connectivity index (χ4n) is 2.68. The second-order valence-corrected chi connectivity index (χ2v) is 6.88. The molecule has 10 nitrogen and oxygen atoms in total. The highest BCUT2D eigenvalue weighted by Crippen LogP contribution is 2.35. The molecular weight excluding hydrogens is 402 g/mol. The number of hydrogen-bond acceptors (Lipinski definition) is 8. The molecule has 2 aromatic carbocycles. The normalized spacial score (nSPS) is 15.1. The Kier molecular flexibility index (Phi) is 5.59. The number of benzene rings is 2. The molecule has 1 aliphatic rings. The molecule has 1 heterocycles. The molecule has 0 atom stereocenters. The van der Waals surface area contributed by atoms with Gasteiger partial charge >= 0.3 is 5.69 Å². The van der Waals surface area contributed by atoms with Gasteiger partial charge in [0.15, 0.2) is 5.75 Å². The molecule has 0 radical (unpaired) electrons. The Morgan fingerprint density at radius 3 is 2.52 bits per heavy atom. The summed E-state index contributed by atoms with van der Waals surface area (Å²) in [6, 6.07) is 9.82. The maximum atomic E-state index is 12.6. The van der Waals surface area contributed by atoms with Gasteiger partial charge in [-0.25, -0.2) is 0 Å². The second kappa shape index (κ2) is 8.10. The van der Waals surface area contributed by atoms with Crippen LogP contribution in [0.2, 0.25) is 0 Å². The number of thioether (sulfide) groups is 1. The van der Waals surface area contributed by atoms with Crippen LogP contribution in [0, 0.1) is 20.2 Å². The first-order chi connectivity index (χ1) is 13.8. The predicted molar refractivity (Wildman–Crippen MR) is 104 cm³/mol. The minimum Gasteiger partial charge on any atom is -0.490 e. The summed E-state index contributed by atoms with van der Waals surface area (Å²) in [6.45, 7) is -0.119. The molecule has 2 aromatic rings. The highest BCUT2D eigenvalue weighted by atomic mass is 32.2. The number of imide groups is 1. The molecule has 0 saturated carbocycles. The zero-order valence-electron chi connectivity index (χ0n) is 14.9. The van der Waals surface area contributed by atoms with E-state index in [9.17, 15) is 29.8 Å². The van der Waals surface area contributed by atoms with Gasteiger partial charge in [0.1, 0.15) is 0 Å². The van der Waals surface area contributed by atoms with Crippen LogP contribution in [0.3, 0.4) is 0 Å². The average Bonchev–Trinajstić information content (AvgIpc) is 2.95. The topological polar surface area (TPSA) is 133 Å². The summed E-state index contributed by atoms with van der Waals surface area (Å²) in [6.07, 6.45) is 1.38. The molecule has 0 unspecified atom stereocenters. The fraction of sp³-hybridized carbons (Fsp3) is 0.111. The van der Waals surface area contributed by atoms with Crippen LogP contribution < -0.4 is 4.74 Å². The van der Waals surface area contributed by atoms with Gasteiger partial charge in [0.2, 0.25) is 0 Å². The molecule has 0 spiro atoms. The Morgan fingerprint density at radius 1 is 1.10 bits per heavy atom. The number of carbonyl (C=O) groups excluding carboxylic acids is 2. The van der Waals surface area contributed by atoms with Gasteiger partial charge in [-0.2, -0.15) is 0 Å². The first kappa shape index (κ1) is 20.0. The van der Waals surface area contributed by atoms with E-state index >= 15 is 0 Å². The summed E-state index contributed by atoms with van der Waals surface area (Å²) < 4.78 is 4.93. The van der Waals surface area contributed by atoms with E-state index in [4.69, 9.17) is 4.74 Å². The number of nitro groups is 2. The summed E-state index contributed by atoms with van der Waals surface area (Å²) in [5, 5.41) is 21.5. The number of ether oxygens (including phenoxy) is 1. The van der Waals surface area contributed by atoms with Crippen LogP contribution in [-0.2, 0) is 11.3 Å². The Labute approximate surface area is 168 Å². The van der Waals surface area contributed by atoms with Crippen LogP contribution in [0.5, 0.6) is 5.75 Å². The van der Waals surface area contributed by atoms with Crippen molar-refractivity contribution >= 4 is 40.4 Å². The third-order valence-corrected chi connectivity index (χ3v) is 4.94. The quantitative estimate of drug-likeness (QED) is 0.396. The van der Waals surface area contributed by atoms with Crippen LogP contribution in [0.4, 0.5) is 16.2 Å². The highest BCUT2D eigenvalue weighted by molar-refractivity contribution is 8.18. The lowest BCUT2D eigenvalue weighted by molar-refractivity contribution is -0.385. The van der Waals surface area contributed by atoms with Gasteiger partial charge in [-0.3, -0.25) is 34.7 Å². The minimum atomic E-state index is -0.607. The molecule has 0 aliphatic carbocycles. The molecular formula is C18H13N3O7S. The molecule has 11 heteroatoms. The van der Waals surface area contributed by atoms with Gasteiger partial charge in [0.25, 0.3) is 16.8 Å². The number of carbonyl (C=O) groups is 2. The summed E-state index contributed by atoms with van der Waals surface area (Å²) in [5.41, 5.74) is 0.383. The van der Waals surface area contributed by atoms with Crippen molar-refractivity contribution in [2.45, 2.75) is 6.54 Å². The molecule has 3 rings (SSSR count). The number of nitro benzene ring substituents is 2. The Hall–Kier alpha value is -3.73. The largest absolute Gasteiger partial charge is 0.490 e. The van der Waals surface area contributed by atoms with Crippen LogP contribution >= 0.6 is 11.8 Å². The number of nitrogens with zero attached hydrogens (tertiary/aromatic N) is 3. The van der Waals surface area contributed by atoms with Crippen molar-refractivity contribution in [3.63, 3.8) is 0 Å². The maximum absolute atomic E-state index is 12.6. The number of non-ortho nitro benzene ring substituents is 1. The first-order valence-electron chi connectivity index (χ1n) is 8.11. The van der Waals surface area contributed by atoms with Crippen LogP contribution in [0.1, 0.15) is 11.1 Å². The van der Waals surface area contributed by atoms with Crippen molar-refractivity contribution in [2.75, 3.05) is 7.11 Å². The minimum absolute atomic E-state index is 0.0749. The number of methoxy groups -OCH3 is 1. The Bertz CT molecular complexity index is 1070. The Morgan fingerprint density at radius 2 is 1.86 bits per heavy atom. The lowest BCUT2D eigenvalue weighted by atomic mass is 10.1. The Balaban J connectivity index is 1.85. The maximum Gasteiger partial charge on any atom is 0.311 e. The van der Waals surface area contributed by atoms with E-state index in [1.807, 2.05) is 0 Å². The molecule has 1 saturated heterocycles. The summed E-state index contributed by atoms with van der Waals surface area (Å²) in [4.78, 5) is 46.8. The molecule has 1 fully saturated rings. The lowest BCUT2D eigenvalue weighted by Crippen LogP contribution is -2.27. The van der Waals surface area contributed by atoms with E-state index in [1.165, 1.54) is 49.6 Å². The van der Waals surface area contributed by atoms with Crippen molar-refractivity contribution in [1.29, 1.82) is 0 Å². The van der Waals surface area contributed by atoms with Gasteiger partial charge in [-0.1, -0.05) is 18.2 Å². The third kappa shape index (κ3) is 4.24. The SMILES string of the molecule is COc1ccc(/C=C2/SC(=O)N(Cc3cccc([N+](=O)[O-])c3)C2=O)cc1[N+](=O)[O-]. The number of hydrogen-bond donors (Lipinski definition) is 0. The van der Waals surface area contributed by atoms with Gasteiger partial charge in [0.05, 0.1) is 28.4 Å². The number of amides is 2. The van der Waals surface area contributed by atoms with E-state index < -0.39 is 21.0 Å². The monoisotopic (exact) mass is 415 g/mol. The first-order valence-corrected chi connectivity index (χ1v) is 8.93. The molecule has 1 aliphatic heterocycles. The van der Waals surface area contributed by atoms with Crippen molar-refractivity contribution in [2.24, 2.45) is 0 Å². The van der Waals surface area contributed by atoms with Crippen LogP contribution in [0.15, 0.2) is 47.4 Å². The second-order valence-electron chi connectivity index (χ2n) is 5.88. The fourth-order valence-corrected chi connectivity index (χ4v) is 3.52. The third-order valence-electron chi connectivity index (χ3n) is 4.03. The van der Waals surface area contributed by atoms with E-state index in [2.05, 4.69) is 0 Å². The molecule has 148 valence electrons. The zero-order valence-corrected chi connectivity index (χ0v) is 15.8. The van der Waals surface area contributed by atoms with Gasteiger partial charge in [0, 0.05) is 18.2 Å². The van der Waals surface area contributed by atoms with Gasteiger partial charge in [-0.05, 0) is 35.0 Å². The summed E-state index contributed by atoms with van der Waals surface area (Å²) >= 11 is 0.694.